The van der Waals surface area contributed by atoms with Gasteiger partial charge in [0.15, 0.2) is 5.65 Å². The summed E-state index contributed by atoms with van der Waals surface area (Å²) in [5.41, 5.74) is 4.18. The highest BCUT2D eigenvalue weighted by Crippen LogP contribution is 2.40. The predicted molar refractivity (Wildman–Crippen MR) is 135 cm³/mol. The molecule has 1 saturated heterocycles. The lowest BCUT2D eigenvalue weighted by molar-refractivity contribution is 0.0692. The highest BCUT2D eigenvalue weighted by Gasteiger charge is 2.31. The van der Waals surface area contributed by atoms with Crippen molar-refractivity contribution in [3.8, 4) is 11.3 Å². The Labute approximate surface area is 204 Å². The van der Waals surface area contributed by atoms with Crippen LogP contribution in [-0.2, 0) is 0 Å². The van der Waals surface area contributed by atoms with Crippen LogP contribution < -0.4 is 5.32 Å². The number of benzene rings is 1. The number of nitrogens with one attached hydrogen (secondary N) is 2. The molecule has 8 heteroatoms. The van der Waals surface area contributed by atoms with Gasteiger partial charge in [0.25, 0.3) is 5.91 Å². The van der Waals surface area contributed by atoms with Crippen molar-refractivity contribution >= 4 is 23.5 Å². The Morgan fingerprint density at radius 3 is 2.74 bits per heavy atom. The van der Waals surface area contributed by atoms with Crippen LogP contribution in [0.3, 0.4) is 0 Å². The van der Waals surface area contributed by atoms with Crippen LogP contribution in [0.15, 0.2) is 42.1 Å². The fourth-order valence-corrected chi connectivity index (χ4v) is 4.68. The Morgan fingerprint density at radius 2 is 2.00 bits per heavy atom. The summed E-state index contributed by atoms with van der Waals surface area (Å²) in [6.45, 7) is 4.67. The molecule has 2 aliphatic rings. The van der Waals surface area contributed by atoms with E-state index in [2.05, 4.69) is 17.2 Å². The second kappa shape index (κ2) is 9.60. The maximum atomic E-state index is 15.0. The summed E-state index contributed by atoms with van der Waals surface area (Å²) >= 11 is 0. The molecule has 5 rings (SSSR count). The second-order valence-corrected chi connectivity index (χ2v) is 9.71. The monoisotopic (exact) mass is 474 g/mol. The van der Waals surface area contributed by atoms with E-state index in [1.807, 2.05) is 11.0 Å². The number of carbonyl (C=O) groups is 1. The Hall–Kier alpha value is -3.55. The van der Waals surface area contributed by atoms with Crippen LogP contribution in [0.1, 0.15) is 74.5 Å². The van der Waals surface area contributed by atoms with Gasteiger partial charge in [0.2, 0.25) is 0 Å². The van der Waals surface area contributed by atoms with Gasteiger partial charge in [0.1, 0.15) is 11.5 Å². The lowest BCUT2D eigenvalue weighted by Crippen LogP contribution is -2.38. The molecule has 1 aliphatic carbocycles. The summed E-state index contributed by atoms with van der Waals surface area (Å²) < 4.78 is 16.8. The van der Waals surface area contributed by atoms with Gasteiger partial charge >= 0.3 is 0 Å². The highest BCUT2D eigenvalue weighted by atomic mass is 19.1. The Morgan fingerprint density at radius 1 is 1.17 bits per heavy atom. The van der Waals surface area contributed by atoms with Gasteiger partial charge in [-0.1, -0.05) is 12.8 Å². The van der Waals surface area contributed by atoms with Crippen LogP contribution in [0.4, 0.5) is 10.1 Å². The molecule has 3 aromatic rings. The van der Waals surface area contributed by atoms with Gasteiger partial charge in [-0.05, 0) is 69.4 Å². The predicted octanol–water partition coefficient (Wildman–Crippen LogP) is 5.78. The highest BCUT2D eigenvalue weighted by molar-refractivity contribution is 5.93. The van der Waals surface area contributed by atoms with Crippen LogP contribution in [0.5, 0.6) is 0 Å². The van der Waals surface area contributed by atoms with Crippen molar-refractivity contribution in [2.45, 2.75) is 64.3 Å². The normalized spacial score (nSPS) is 19.0. The Bertz CT molecular complexity index is 1310. The van der Waals surface area contributed by atoms with E-state index in [4.69, 9.17) is 10.5 Å². The van der Waals surface area contributed by atoms with E-state index < -0.39 is 5.82 Å². The number of rotatable bonds is 6. The summed E-state index contributed by atoms with van der Waals surface area (Å²) in [7, 11) is 0. The molecular formula is C27H31FN6O. The van der Waals surface area contributed by atoms with Crippen molar-refractivity contribution in [2.24, 2.45) is 0 Å². The molecular weight excluding hydrogens is 443 g/mol. The quantitative estimate of drug-likeness (QED) is 0.443. The average Bonchev–Trinajstić information content (AvgIpc) is 3.65. The number of halogens is 1. The SMILES string of the molecule is C/C(C=N)=C/Nc1ccc(-c2cc3nc(C(=O)N4CCCCC[C@H]4C)cc(C4CC4)n3n2)c(F)c1. The molecule has 35 heavy (non-hydrogen) atoms. The first kappa shape index (κ1) is 23.2. The maximum absolute atomic E-state index is 15.0. The first-order valence-corrected chi connectivity index (χ1v) is 12.4. The lowest BCUT2D eigenvalue weighted by atomic mass is 10.1. The van der Waals surface area contributed by atoms with Crippen LogP contribution in [0, 0.1) is 11.2 Å². The van der Waals surface area contributed by atoms with Crippen molar-refractivity contribution < 1.29 is 9.18 Å². The van der Waals surface area contributed by atoms with Crippen LogP contribution in [-0.4, -0.2) is 44.2 Å². The van der Waals surface area contributed by atoms with Crippen LogP contribution in [0.25, 0.3) is 16.9 Å². The first-order valence-electron chi connectivity index (χ1n) is 12.4. The van der Waals surface area contributed by atoms with E-state index in [1.54, 1.807) is 35.8 Å². The molecule has 1 saturated carbocycles. The van der Waals surface area contributed by atoms with Crippen LogP contribution >= 0.6 is 0 Å². The van der Waals surface area contributed by atoms with Crippen molar-refractivity contribution in [2.75, 3.05) is 11.9 Å². The number of carbonyl (C=O) groups excluding carboxylic acids is 1. The average molecular weight is 475 g/mol. The molecule has 7 nitrogen and oxygen atoms in total. The van der Waals surface area contributed by atoms with Gasteiger partial charge in [0, 0.05) is 53.9 Å². The third kappa shape index (κ3) is 4.83. The zero-order valence-electron chi connectivity index (χ0n) is 20.2. The standard InChI is InChI=1S/C27H31FN6O/c1-17(15-29)16-30-20-9-10-21(22(28)12-20)23-14-26-31-24(13-25(19-7-8-19)34(26)32-23)27(35)33-11-5-3-4-6-18(33)2/h9-10,12-16,18-19,29-30H,3-8,11H2,1-2H3/b17-16-,29-15?/t18-/m1/s1. The maximum Gasteiger partial charge on any atom is 0.272 e. The zero-order valence-corrected chi connectivity index (χ0v) is 20.2. The summed E-state index contributed by atoms with van der Waals surface area (Å²) in [6, 6.07) is 8.74. The van der Waals surface area contributed by atoms with Gasteiger partial charge < -0.3 is 15.6 Å². The lowest BCUT2D eigenvalue weighted by Gasteiger charge is -2.27. The van der Waals surface area contributed by atoms with E-state index in [0.717, 1.165) is 56.3 Å². The number of likely N-dealkylation sites (tertiary alicyclic amines) is 1. The molecule has 0 spiro atoms. The van der Waals surface area contributed by atoms with E-state index in [1.165, 1.54) is 12.3 Å². The van der Waals surface area contributed by atoms with Crippen molar-refractivity contribution in [1.82, 2.24) is 19.5 Å². The summed E-state index contributed by atoms with van der Waals surface area (Å²) in [4.78, 5) is 20.1. The number of amides is 1. The topological polar surface area (TPSA) is 86.4 Å². The summed E-state index contributed by atoms with van der Waals surface area (Å²) in [6.07, 6.45) is 9.33. The number of hydrogen-bond acceptors (Lipinski definition) is 5. The molecule has 2 fully saturated rings. The molecule has 1 aromatic carbocycles. The molecule has 2 N–H and O–H groups in total. The first-order chi connectivity index (χ1) is 16.9. The number of nitrogens with zero attached hydrogens (tertiary/aromatic N) is 4. The van der Waals surface area contributed by atoms with Crippen molar-refractivity contribution in [1.29, 1.82) is 5.41 Å². The number of fused-ring (bicyclic) bond motifs is 1. The molecule has 0 bridgehead atoms. The number of anilines is 1. The van der Waals surface area contributed by atoms with Gasteiger partial charge in [-0.15, -0.1) is 0 Å². The van der Waals surface area contributed by atoms with E-state index in [0.29, 0.717) is 34.2 Å². The number of aromatic nitrogens is 3. The Kier molecular flexibility index (Phi) is 6.36. The molecule has 1 amide bonds. The van der Waals surface area contributed by atoms with E-state index in [-0.39, 0.29) is 11.9 Å². The van der Waals surface area contributed by atoms with Crippen LogP contribution in [0.2, 0.25) is 0 Å². The molecule has 3 heterocycles. The minimum atomic E-state index is -0.401. The molecule has 1 aliphatic heterocycles. The van der Waals surface area contributed by atoms with Gasteiger partial charge in [0.05, 0.1) is 5.69 Å². The molecule has 1 atom stereocenters. The molecule has 0 radical (unpaired) electrons. The fourth-order valence-electron chi connectivity index (χ4n) is 4.68. The minimum Gasteiger partial charge on any atom is -0.361 e. The molecule has 2 aromatic heterocycles. The zero-order chi connectivity index (χ0) is 24.5. The largest absolute Gasteiger partial charge is 0.361 e. The van der Waals surface area contributed by atoms with Gasteiger partial charge in [-0.3, -0.25) is 4.79 Å². The number of hydrogen-bond donors (Lipinski definition) is 2. The van der Waals surface area contributed by atoms with Gasteiger partial charge in [-0.25, -0.2) is 13.9 Å². The van der Waals surface area contributed by atoms with E-state index >= 15 is 4.39 Å². The smallest absolute Gasteiger partial charge is 0.272 e. The molecule has 0 unspecified atom stereocenters. The van der Waals surface area contributed by atoms with Gasteiger partial charge in [-0.2, -0.15) is 5.10 Å². The van der Waals surface area contributed by atoms with Crippen molar-refractivity contribution in [3.05, 3.63) is 59.3 Å². The van der Waals surface area contributed by atoms with E-state index in [9.17, 15) is 4.79 Å². The Balaban J connectivity index is 1.50. The third-order valence-corrected chi connectivity index (χ3v) is 6.92. The summed E-state index contributed by atoms with van der Waals surface area (Å²) in [5.74, 6) is -0.0787. The third-order valence-electron chi connectivity index (χ3n) is 6.92. The number of allylic oxidation sites excluding steroid dienone is 1. The molecule has 182 valence electrons. The fraction of sp³-hybridized carbons (Fsp3) is 0.407. The summed E-state index contributed by atoms with van der Waals surface area (Å²) in [5, 5.41) is 14.9. The van der Waals surface area contributed by atoms with Crippen molar-refractivity contribution in [3.63, 3.8) is 0 Å². The minimum absolute atomic E-state index is 0.0265. The second-order valence-electron chi connectivity index (χ2n) is 9.71.